The number of urea groups is 1. The Bertz CT molecular complexity index is 1670. The molecule has 0 aliphatic carbocycles. The first kappa shape index (κ1) is 32.2. The van der Waals surface area contributed by atoms with Crippen LogP contribution >= 0.6 is 0 Å². The van der Waals surface area contributed by atoms with Crippen LogP contribution in [0.2, 0.25) is 0 Å². The number of carbonyl (C=O) groups excluding carboxylic acids is 4. The minimum atomic E-state index is -0.587. The van der Waals surface area contributed by atoms with Gasteiger partial charge in [-0.15, -0.1) is 0 Å². The van der Waals surface area contributed by atoms with Gasteiger partial charge in [0.05, 0.1) is 12.2 Å². The van der Waals surface area contributed by atoms with E-state index in [1.807, 2.05) is 19.1 Å². The average Bonchev–Trinajstić information content (AvgIpc) is 3.05. The molecule has 0 saturated carbocycles. The lowest BCUT2D eigenvalue weighted by Crippen LogP contribution is -2.46. The number of hydrogen-bond donors (Lipinski definition) is 2. The standard InChI is InChI=1S/C34H34FN5O5/c1-24-11-9-12-25(19-24)37-34(44)36-21-31(41)40(22-32(42)38(2)26-13-5-4-6-14-26)27-15-10-16-28(20-27)45-23-33(43)39(3)30-18-8-7-17-29(30)35/h4-20H,21-23H2,1-3H3,(H2,36,37,44). The monoisotopic (exact) mass is 611 g/mol. The SMILES string of the molecule is Cc1cccc(NC(=O)NCC(=O)N(CC(=O)N(C)c2ccccc2)c2cccc(OCC(=O)N(C)c3ccccc3F)c2)c1. The van der Waals surface area contributed by atoms with Crippen molar-refractivity contribution in [2.75, 3.05) is 53.8 Å². The van der Waals surface area contributed by atoms with E-state index in [2.05, 4.69) is 10.6 Å². The van der Waals surface area contributed by atoms with Crippen LogP contribution in [0, 0.1) is 12.7 Å². The molecule has 11 heteroatoms. The Kier molecular flexibility index (Phi) is 10.8. The van der Waals surface area contributed by atoms with Crippen molar-refractivity contribution in [1.82, 2.24) is 5.32 Å². The maximum atomic E-state index is 14.2. The van der Waals surface area contributed by atoms with Crippen molar-refractivity contribution >= 4 is 46.5 Å². The van der Waals surface area contributed by atoms with E-state index in [1.54, 1.807) is 73.8 Å². The number of likely N-dealkylation sites (N-methyl/N-ethyl adjacent to an activating group) is 2. The number of nitrogens with one attached hydrogen (secondary N) is 2. The van der Waals surface area contributed by atoms with Gasteiger partial charge in [-0.2, -0.15) is 0 Å². The number of amides is 5. The van der Waals surface area contributed by atoms with Crippen LogP contribution in [0.15, 0.2) is 103 Å². The second kappa shape index (κ2) is 15.1. The number of nitrogens with zero attached hydrogens (tertiary/aromatic N) is 3. The number of ether oxygens (including phenoxy) is 1. The lowest BCUT2D eigenvalue weighted by atomic mass is 10.2. The number of rotatable bonds is 11. The van der Waals surface area contributed by atoms with Crippen molar-refractivity contribution in [3.8, 4) is 5.75 Å². The summed E-state index contributed by atoms with van der Waals surface area (Å²) in [7, 11) is 3.04. The first-order valence-electron chi connectivity index (χ1n) is 14.1. The van der Waals surface area contributed by atoms with Crippen molar-refractivity contribution in [1.29, 1.82) is 0 Å². The van der Waals surface area contributed by atoms with E-state index in [-0.39, 0.29) is 23.9 Å². The maximum absolute atomic E-state index is 14.2. The largest absolute Gasteiger partial charge is 0.484 e. The molecule has 0 fully saturated rings. The number of halogens is 1. The molecule has 0 unspecified atom stereocenters. The molecule has 10 nitrogen and oxygen atoms in total. The van der Waals surface area contributed by atoms with Gasteiger partial charge < -0.3 is 30.1 Å². The first-order valence-corrected chi connectivity index (χ1v) is 14.1. The molecule has 0 atom stereocenters. The van der Waals surface area contributed by atoms with Gasteiger partial charge >= 0.3 is 6.03 Å². The summed E-state index contributed by atoms with van der Waals surface area (Å²) in [5, 5.41) is 5.23. The van der Waals surface area contributed by atoms with Gasteiger partial charge in [0, 0.05) is 37.2 Å². The predicted molar refractivity (Wildman–Crippen MR) is 172 cm³/mol. The van der Waals surface area contributed by atoms with Crippen LogP contribution in [0.3, 0.4) is 0 Å². The summed E-state index contributed by atoms with van der Waals surface area (Å²) >= 11 is 0. The molecule has 232 valence electrons. The van der Waals surface area contributed by atoms with Gasteiger partial charge in [0.2, 0.25) is 11.8 Å². The highest BCUT2D eigenvalue weighted by Gasteiger charge is 2.23. The van der Waals surface area contributed by atoms with E-state index in [0.29, 0.717) is 17.1 Å². The number of para-hydroxylation sites is 2. The Morgan fingerprint density at radius 3 is 2.16 bits per heavy atom. The van der Waals surface area contributed by atoms with E-state index in [4.69, 9.17) is 4.74 Å². The van der Waals surface area contributed by atoms with Gasteiger partial charge in [-0.25, -0.2) is 9.18 Å². The molecule has 0 aromatic heterocycles. The third kappa shape index (κ3) is 8.90. The number of carbonyl (C=O) groups is 4. The predicted octanol–water partition coefficient (Wildman–Crippen LogP) is 4.99. The summed E-state index contributed by atoms with van der Waals surface area (Å²) in [6.07, 6.45) is 0. The van der Waals surface area contributed by atoms with Gasteiger partial charge in [-0.3, -0.25) is 14.4 Å². The lowest BCUT2D eigenvalue weighted by molar-refractivity contribution is -0.121. The number of benzene rings is 4. The van der Waals surface area contributed by atoms with Gasteiger partial charge in [0.15, 0.2) is 6.61 Å². The molecule has 0 bridgehead atoms. The van der Waals surface area contributed by atoms with E-state index in [9.17, 15) is 23.6 Å². The average molecular weight is 612 g/mol. The van der Waals surface area contributed by atoms with Gasteiger partial charge in [-0.05, 0) is 61.0 Å². The van der Waals surface area contributed by atoms with Crippen LogP contribution in [0.1, 0.15) is 5.56 Å². The Labute approximate surface area is 261 Å². The number of hydrogen-bond acceptors (Lipinski definition) is 5. The van der Waals surface area contributed by atoms with Crippen LogP contribution in [-0.2, 0) is 14.4 Å². The van der Waals surface area contributed by atoms with Gasteiger partial charge in [0.25, 0.3) is 5.91 Å². The zero-order chi connectivity index (χ0) is 32.3. The quantitative estimate of drug-likeness (QED) is 0.248. The summed E-state index contributed by atoms with van der Waals surface area (Å²) < 4.78 is 19.8. The summed E-state index contributed by atoms with van der Waals surface area (Å²) in [5.41, 5.74) is 2.58. The van der Waals surface area contributed by atoms with Gasteiger partial charge in [-0.1, -0.05) is 48.5 Å². The molecule has 4 rings (SSSR count). The molecule has 4 aromatic carbocycles. The second-order valence-electron chi connectivity index (χ2n) is 10.1. The lowest BCUT2D eigenvalue weighted by Gasteiger charge is -2.26. The smallest absolute Gasteiger partial charge is 0.319 e. The summed E-state index contributed by atoms with van der Waals surface area (Å²) in [6, 6.07) is 27.8. The molecule has 0 saturated heterocycles. The second-order valence-corrected chi connectivity index (χ2v) is 10.1. The first-order chi connectivity index (χ1) is 21.6. The van der Waals surface area contributed by atoms with Crippen molar-refractivity contribution in [3.05, 3.63) is 115 Å². The molecular weight excluding hydrogens is 577 g/mol. The summed E-state index contributed by atoms with van der Waals surface area (Å²) in [4.78, 5) is 55.9. The third-order valence-corrected chi connectivity index (χ3v) is 6.87. The molecule has 2 N–H and O–H groups in total. The molecular formula is C34H34FN5O5. The Hall–Kier alpha value is -5.71. The van der Waals surface area contributed by atoms with Crippen LogP contribution < -0.4 is 30.1 Å². The zero-order valence-corrected chi connectivity index (χ0v) is 25.2. The van der Waals surface area contributed by atoms with Crippen LogP contribution in [0.4, 0.5) is 31.9 Å². The van der Waals surface area contributed by atoms with E-state index >= 15 is 0 Å². The van der Waals surface area contributed by atoms with E-state index in [1.165, 1.54) is 41.1 Å². The number of anilines is 4. The van der Waals surface area contributed by atoms with Crippen LogP contribution in [0.5, 0.6) is 5.75 Å². The highest BCUT2D eigenvalue weighted by Crippen LogP contribution is 2.23. The Morgan fingerprint density at radius 1 is 0.733 bits per heavy atom. The summed E-state index contributed by atoms with van der Waals surface area (Å²) in [6.45, 7) is 0.739. The highest BCUT2D eigenvalue weighted by molar-refractivity contribution is 6.05. The van der Waals surface area contributed by atoms with Crippen LogP contribution in [0.25, 0.3) is 0 Å². The Balaban J connectivity index is 1.48. The molecule has 4 aromatic rings. The molecule has 45 heavy (non-hydrogen) atoms. The topological polar surface area (TPSA) is 111 Å². The van der Waals surface area contributed by atoms with E-state index < -0.39 is 36.8 Å². The molecule has 0 aliphatic heterocycles. The molecule has 0 radical (unpaired) electrons. The van der Waals surface area contributed by atoms with Crippen molar-refractivity contribution in [3.63, 3.8) is 0 Å². The molecule has 0 spiro atoms. The molecule has 0 heterocycles. The fourth-order valence-electron chi connectivity index (χ4n) is 4.35. The van der Waals surface area contributed by atoms with E-state index in [0.717, 1.165) is 10.5 Å². The molecule has 0 aliphatic rings. The van der Waals surface area contributed by atoms with Crippen molar-refractivity contribution in [2.24, 2.45) is 0 Å². The van der Waals surface area contributed by atoms with Crippen molar-refractivity contribution < 1.29 is 28.3 Å². The highest BCUT2D eigenvalue weighted by atomic mass is 19.1. The summed E-state index contributed by atoms with van der Waals surface area (Å²) in [5.74, 6) is -1.74. The van der Waals surface area contributed by atoms with Crippen molar-refractivity contribution in [2.45, 2.75) is 6.92 Å². The fraction of sp³-hybridized carbons (Fsp3) is 0.176. The fourth-order valence-corrected chi connectivity index (χ4v) is 4.35. The minimum absolute atomic E-state index is 0.108. The van der Waals surface area contributed by atoms with Gasteiger partial charge in [0.1, 0.15) is 18.1 Å². The maximum Gasteiger partial charge on any atom is 0.319 e. The minimum Gasteiger partial charge on any atom is -0.484 e. The Morgan fingerprint density at radius 2 is 1.42 bits per heavy atom. The van der Waals surface area contributed by atoms with Crippen LogP contribution in [-0.4, -0.2) is 57.5 Å². The zero-order valence-electron chi connectivity index (χ0n) is 25.2. The molecule has 5 amide bonds. The number of aryl methyl sites for hydroxylation is 1. The third-order valence-electron chi connectivity index (χ3n) is 6.87. The normalized spacial score (nSPS) is 10.4.